The van der Waals surface area contributed by atoms with Crippen molar-refractivity contribution in [2.24, 2.45) is 0 Å². The molecule has 9 nitrogen and oxygen atoms in total. The zero-order valence-corrected chi connectivity index (χ0v) is 18.6. The molecular formula is C22H25N7O2S. The number of amides is 1. The van der Waals surface area contributed by atoms with Gasteiger partial charge in [0.1, 0.15) is 11.6 Å². The Labute approximate surface area is 190 Å². The number of fused-ring (bicyclic) bond motifs is 1. The van der Waals surface area contributed by atoms with Crippen molar-refractivity contribution >= 4 is 35.4 Å². The predicted octanol–water partition coefficient (Wildman–Crippen LogP) is 4.83. The van der Waals surface area contributed by atoms with Gasteiger partial charge >= 0.3 is 6.09 Å². The van der Waals surface area contributed by atoms with E-state index >= 15 is 0 Å². The molecule has 2 aliphatic rings. The fraction of sp³-hybridized carbons (Fsp3) is 0.318. The van der Waals surface area contributed by atoms with Gasteiger partial charge in [0.15, 0.2) is 5.82 Å². The van der Waals surface area contributed by atoms with Gasteiger partial charge in [-0.25, -0.2) is 9.78 Å². The number of anilines is 2. The molecule has 3 heterocycles. The summed E-state index contributed by atoms with van der Waals surface area (Å²) in [5, 5.41) is 13.7. The third-order valence-corrected chi connectivity index (χ3v) is 6.12. The fourth-order valence-corrected chi connectivity index (χ4v) is 4.29. The third kappa shape index (κ3) is 4.75. The highest BCUT2D eigenvalue weighted by Crippen LogP contribution is 2.39. The molecule has 0 atom stereocenters. The van der Waals surface area contributed by atoms with Gasteiger partial charge in [-0.15, -0.1) is 0 Å². The minimum absolute atomic E-state index is 0.410. The summed E-state index contributed by atoms with van der Waals surface area (Å²) in [5.74, 6) is 3.26. The maximum Gasteiger partial charge on any atom is 0.411 e. The van der Waals surface area contributed by atoms with E-state index in [1.165, 1.54) is 18.5 Å². The Morgan fingerprint density at radius 2 is 2.16 bits per heavy atom. The Morgan fingerprint density at radius 3 is 2.94 bits per heavy atom. The van der Waals surface area contributed by atoms with E-state index < -0.39 is 6.09 Å². The van der Waals surface area contributed by atoms with Gasteiger partial charge in [0.05, 0.1) is 19.4 Å². The highest BCUT2D eigenvalue weighted by Gasteiger charge is 2.26. The number of hydrogen-bond acceptors (Lipinski definition) is 7. The van der Waals surface area contributed by atoms with Crippen LogP contribution in [0.3, 0.4) is 0 Å². The number of nitrogens with one attached hydrogen (secondary N) is 3. The van der Waals surface area contributed by atoms with Gasteiger partial charge in [0.25, 0.3) is 0 Å². The molecule has 3 aromatic rings. The number of nitrogens with zero attached hydrogens (tertiary/aromatic N) is 4. The lowest BCUT2D eigenvalue weighted by molar-refractivity contribution is 0.161. The molecule has 1 fully saturated rings. The molecular weight excluding hydrogens is 426 g/mol. The Morgan fingerprint density at radius 1 is 1.31 bits per heavy atom. The van der Waals surface area contributed by atoms with E-state index in [4.69, 9.17) is 4.74 Å². The third-order valence-electron chi connectivity index (χ3n) is 5.17. The maximum absolute atomic E-state index is 11.7. The first-order valence-corrected chi connectivity index (χ1v) is 11.5. The van der Waals surface area contributed by atoms with E-state index in [0.29, 0.717) is 24.8 Å². The van der Waals surface area contributed by atoms with Crippen LogP contribution in [0.5, 0.6) is 0 Å². The monoisotopic (exact) mass is 451 g/mol. The van der Waals surface area contributed by atoms with E-state index in [2.05, 4.69) is 42.4 Å². The molecule has 3 N–H and O–H groups in total. The first kappa shape index (κ1) is 20.5. The number of aromatic amines is 1. The topological polar surface area (TPSA) is 100 Å². The number of benzene rings is 1. The van der Waals surface area contributed by atoms with Crippen LogP contribution in [0.15, 0.2) is 53.8 Å². The second-order valence-electron chi connectivity index (χ2n) is 7.79. The predicted molar refractivity (Wildman–Crippen MR) is 124 cm³/mol. The average molecular weight is 452 g/mol. The Balaban J connectivity index is 1.26. The van der Waals surface area contributed by atoms with E-state index in [0.717, 1.165) is 28.8 Å². The smallest absolute Gasteiger partial charge is 0.411 e. The molecule has 2 aromatic heterocycles. The largest absolute Gasteiger partial charge is 0.449 e. The number of imidazole rings is 1. The van der Waals surface area contributed by atoms with Crippen LogP contribution < -0.4 is 10.6 Å². The molecule has 10 heteroatoms. The van der Waals surface area contributed by atoms with Crippen molar-refractivity contribution in [2.75, 3.05) is 17.2 Å². The number of rotatable bonds is 8. The highest BCUT2D eigenvalue weighted by molar-refractivity contribution is 7.97. The summed E-state index contributed by atoms with van der Waals surface area (Å²) in [6.07, 6.45) is 8.63. The number of carbonyl (C=O) groups excluding carboxylic acids is 1. The van der Waals surface area contributed by atoms with Crippen molar-refractivity contribution in [3.8, 4) is 0 Å². The van der Waals surface area contributed by atoms with Crippen molar-refractivity contribution in [1.29, 1.82) is 0 Å². The van der Waals surface area contributed by atoms with Crippen LogP contribution in [0.2, 0.25) is 0 Å². The molecule has 0 radical (unpaired) electrons. The molecule has 1 amide bonds. The first-order chi connectivity index (χ1) is 15.7. The molecule has 166 valence electrons. The Kier molecular flexibility index (Phi) is 5.76. The summed E-state index contributed by atoms with van der Waals surface area (Å²) in [6.45, 7) is 3.04. The van der Waals surface area contributed by atoms with Gasteiger partial charge in [-0.05, 0) is 55.5 Å². The van der Waals surface area contributed by atoms with E-state index in [-0.39, 0.29) is 0 Å². The number of ether oxygens (including phenoxy) is 1. The number of H-pyrrole nitrogens is 1. The minimum Gasteiger partial charge on any atom is -0.449 e. The van der Waals surface area contributed by atoms with Crippen LogP contribution >= 0.6 is 11.9 Å². The van der Waals surface area contributed by atoms with Crippen molar-refractivity contribution in [3.05, 3.63) is 60.4 Å². The van der Waals surface area contributed by atoms with Crippen LogP contribution in [0.4, 0.5) is 16.3 Å². The lowest BCUT2D eigenvalue weighted by Gasteiger charge is -2.26. The molecule has 0 unspecified atom stereocenters. The zero-order chi connectivity index (χ0) is 21.9. The molecule has 0 spiro atoms. The van der Waals surface area contributed by atoms with E-state index in [1.807, 2.05) is 42.0 Å². The quantitative estimate of drug-likeness (QED) is 0.422. The second-order valence-corrected chi connectivity index (χ2v) is 8.91. The maximum atomic E-state index is 11.7. The van der Waals surface area contributed by atoms with Crippen molar-refractivity contribution in [2.45, 2.75) is 43.5 Å². The number of hydrogen-bond donors (Lipinski definition) is 3. The van der Waals surface area contributed by atoms with Gasteiger partial charge in [-0.1, -0.05) is 6.92 Å². The molecule has 1 aliphatic carbocycles. The standard InChI is InChI=1S/C22H25N7O2S/c1-2-11-31-22(30)24-16-5-7-17(8-6-16)32-28-13-20-23-9-10-29(20)21(14-28)25-19-12-18(26-27-19)15-3-4-15/h5-10,12,14-15H,2-4,11,13H2,1H3,(H,24,30)(H2,25,26,27). The zero-order valence-electron chi connectivity index (χ0n) is 17.7. The summed E-state index contributed by atoms with van der Waals surface area (Å²) in [7, 11) is 0. The average Bonchev–Trinajstić information content (AvgIpc) is 3.34. The van der Waals surface area contributed by atoms with Gasteiger partial charge < -0.3 is 14.4 Å². The van der Waals surface area contributed by atoms with E-state index in [9.17, 15) is 4.79 Å². The summed E-state index contributed by atoms with van der Waals surface area (Å²) in [5.41, 5.74) is 1.89. The molecule has 32 heavy (non-hydrogen) atoms. The molecule has 0 bridgehead atoms. The molecule has 1 aliphatic heterocycles. The van der Waals surface area contributed by atoms with Gasteiger partial charge in [0.2, 0.25) is 0 Å². The Bertz CT molecular complexity index is 1120. The molecule has 1 aromatic carbocycles. The fourth-order valence-electron chi connectivity index (χ4n) is 3.42. The molecule has 5 rings (SSSR count). The lowest BCUT2D eigenvalue weighted by atomic mass is 10.3. The highest BCUT2D eigenvalue weighted by atomic mass is 32.2. The summed E-state index contributed by atoms with van der Waals surface area (Å²) >= 11 is 1.60. The summed E-state index contributed by atoms with van der Waals surface area (Å²) < 4.78 is 9.22. The van der Waals surface area contributed by atoms with Crippen LogP contribution in [0.25, 0.3) is 5.82 Å². The van der Waals surface area contributed by atoms with Gasteiger partial charge in [0, 0.05) is 40.7 Å². The summed E-state index contributed by atoms with van der Waals surface area (Å²) in [6, 6.07) is 9.76. The summed E-state index contributed by atoms with van der Waals surface area (Å²) in [4.78, 5) is 17.3. The van der Waals surface area contributed by atoms with Crippen LogP contribution in [0.1, 0.15) is 43.6 Å². The van der Waals surface area contributed by atoms with E-state index in [1.54, 1.807) is 18.1 Å². The van der Waals surface area contributed by atoms with Gasteiger partial charge in [-0.2, -0.15) is 5.10 Å². The van der Waals surface area contributed by atoms with Gasteiger partial charge in [-0.3, -0.25) is 15.0 Å². The first-order valence-electron chi connectivity index (χ1n) is 10.7. The lowest BCUT2D eigenvalue weighted by Crippen LogP contribution is -2.23. The second kappa shape index (κ2) is 8.99. The molecule has 0 saturated heterocycles. The molecule has 1 saturated carbocycles. The van der Waals surface area contributed by atoms with Crippen molar-refractivity contribution in [3.63, 3.8) is 0 Å². The van der Waals surface area contributed by atoms with Crippen LogP contribution in [-0.4, -0.2) is 36.8 Å². The minimum atomic E-state index is -0.433. The normalized spacial score (nSPS) is 15.2. The SMILES string of the molecule is CCCOC(=O)Nc1ccc(SN2C=C(Nc3cc(C4CC4)[nH]n3)n3ccnc3C2)cc1. The van der Waals surface area contributed by atoms with Crippen molar-refractivity contribution in [1.82, 2.24) is 24.1 Å². The number of carbonyl (C=O) groups is 1. The van der Waals surface area contributed by atoms with Crippen LogP contribution in [-0.2, 0) is 11.3 Å². The Hall–Kier alpha value is -3.40. The van der Waals surface area contributed by atoms with Crippen molar-refractivity contribution < 1.29 is 9.53 Å². The number of aromatic nitrogens is 4. The van der Waals surface area contributed by atoms with Crippen LogP contribution in [0, 0.1) is 0 Å².